The number of ether oxygens (including phenoxy) is 4. The summed E-state index contributed by atoms with van der Waals surface area (Å²) in [4.78, 5) is 73.1. The Kier molecular flexibility index (Phi) is 71.5. The predicted molar refractivity (Wildman–Crippen MR) is 423 cm³/mol. The van der Waals surface area contributed by atoms with Gasteiger partial charge >= 0.3 is 39.5 Å². The van der Waals surface area contributed by atoms with E-state index in [9.17, 15) is 43.2 Å². The van der Waals surface area contributed by atoms with Crippen molar-refractivity contribution < 1.29 is 80.2 Å². The zero-order valence-corrected chi connectivity index (χ0v) is 69.7. The van der Waals surface area contributed by atoms with Gasteiger partial charge in [0.05, 0.1) is 26.4 Å². The molecule has 0 saturated heterocycles. The van der Waals surface area contributed by atoms with E-state index in [1.165, 1.54) is 231 Å². The molecule has 0 aliphatic rings. The van der Waals surface area contributed by atoms with Gasteiger partial charge in [-0.15, -0.1) is 0 Å². The van der Waals surface area contributed by atoms with Crippen LogP contribution in [0.3, 0.4) is 0 Å². The van der Waals surface area contributed by atoms with Gasteiger partial charge in [0.1, 0.15) is 19.3 Å². The monoisotopic (exact) mass is 1510 g/mol. The van der Waals surface area contributed by atoms with Crippen molar-refractivity contribution in [3.63, 3.8) is 0 Å². The highest BCUT2D eigenvalue weighted by Crippen LogP contribution is 2.45. The fraction of sp³-hybridized carbons (Fsp3) is 0.952. The third-order valence-corrected chi connectivity index (χ3v) is 22.2. The summed E-state index contributed by atoms with van der Waals surface area (Å²) in [5.74, 6) is 1.07. The van der Waals surface area contributed by atoms with Gasteiger partial charge in [0.15, 0.2) is 12.2 Å². The van der Waals surface area contributed by atoms with Gasteiger partial charge < -0.3 is 33.8 Å². The number of aliphatic hydroxyl groups excluding tert-OH is 1. The molecule has 0 spiro atoms. The van der Waals surface area contributed by atoms with Crippen LogP contribution >= 0.6 is 15.6 Å². The van der Waals surface area contributed by atoms with Crippen LogP contribution in [-0.4, -0.2) is 96.7 Å². The minimum absolute atomic E-state index is 0.106. The fourth-order valence-corrected chi connectivity index (χ4v) is 14.5. The van der Waals surface area contributed by atoms with Gasteiger partial charge in [0.2, 0.25) is 0 Å². The first-order chi connectivity index (χ1) is 49.7. The summed E-state index contributed by atoms with van der Waals surface area (Å²) < 4.78 is 68.8. The summed E-state index contributed by atoms with van der Waals surface area (Å²) in [5.41, 5.74) is 0. The van der Waals surface area contributed by atoms with Crippen LogP contribution in [0.25, 0.3) is 0 Å². The van der Waals surface area contributed by atoms with Crippen LogP contribution in [0, 0.1) is 23.7 Å². The van der Waals surface area contributed by atoms with Crippen LogP contribution in [0.5, 0.6) is 0 Å². The molecule has 0 bridgehead atoms. The molecule has 0 saturated carbocycles. The molecule has 7 atom stereocenters. The fourth-order valence-electron chi connectivity index (χ4n) is 12.9. The third kappa shape index (κ3) is 75.3. The van der Waals surface area contributed by atoms with Gasteiger partial charge in [-0.2, -0.15) is 0 Å². The van der Waals surface area contributed by atoms with Gasteiger partial charge in [-0.1, -0.05) is 383 Å². The smallest absolute Gasteiger partial charge is 0.462 e. The Bertz CT molecular complexity index is 2010. The van der Waals surface area contributed by atoms with Crippen molar-refractivity contribution in [3.05, 3.63) is 0 Å². The maximum atomic E-state index is 13.1. The topological polar surface area (TPSA) is 237 Å². The van der Waals surface area contributed by atoms with E-state index in [2.05, 4.69) is 55.4 Å². The maximum absolute atomic E-state index is 13.1. The molecule has 0 heterocycles. The lowest BCUT2D eigenvalue weighted by molar-refractivity contribution is -0.161. The third-order valence-electron chi connectivity index (χ3n) is 20.3. The second kappa shape index (κ2) is 72.9. The molecule has 0 fully saturated rings. The zero-order chi connectivity index (χ0) is 76.0. The molecule has 0 radical (unpaired) electrons. The highest BCUT2D eigenvalue weighted by Gasteiger charge is 2.30. The van der Waals surface area contributed by atoms with Gasteiger partial charge in [0.25, 0.3) is 0 Å². The van der Waals surface area contributed by atoms with E-state index in [0.29, 0.717) is 31.6 Å². The summed E-state index contributed by atoms with van der Waals surface area (Å²) in [6, 6.07) is 0. The lowest BCUT2D eigenvalue weighted by atomic mass is 9.99. The molecule has 103 heavy (non-hydrogen) atoms. The highest BCUT2D eigenvalue weighted by molar-refractivity contribution is 7.47. The first-order valence-electron chi connectivity index (χ1n) is 43.3. The number of aliphatic hydroxyl groups is 1. The van der Waals surface area contributed by atoms with Crippen LogP contribution in [0.1, 0.15) is 434 Å². The highest BCUT2D eigenvalue weighted by atomic mass is 31.2. The number of esters is 4. The van der Waals surface area contributed by atoms with Crippen LogP contribution in [-0.2, 0) is 65.4 Å². The normalized spacial score (nSPS) is 14.5. The van der Waals surface area contributed by atoms with Crippen LogP contribution < -0.4 is 0 Å². The van der Waals surface area contributed by atoms with E-state index in [0.717, 1.165) is 114 Å². The largest absolute Gasteiger partial charge is 0.472 e. The summed E-state index contributed by atoms with van der Waals surface area (Å²) in [7, 11) is -9.93. The Hall–Kier alpha value is -1.94. The second-order valence-electron chi connectivity index (χ2n) is 31.7. The maximum Gasteiger partial charge on any atom is 0.472 e. The molecule has 612 valence electrons. The lowest BCUT2D eigenvalue weighted by Gasteiger charge is -2.21. The Labute approximate surface area is 632 Å². The molecular formula is C84H164O17P2. The van der Waals surface area contributed by atoms with Crippen molar-refractivity contribution in [3.8, 4) is 0 Å². The molecule has 17 nitrogen and oxygen atoms in total. The predicted octanol–water partition coefficient (Wildman–Crippen LogP) is 25.2. The van der Waals surface area contributed by atoms with Gasteiger partial charge in [0, 0.05) is 25.7 Å². The molecule has 0 aliphatic carbocycles. The number of unbranched alkanes of at least 4 members (excludes halogenated alkanes) is 45. The summed E-state index contributed by atoms with van der Waals surface area (Å²) in [6.07, 6.45) is 61.1. The number of hydrogen-bond acceptors (Lipinski definition) is 15. The molecule has 0 rings (SSSR count). The minimum atomic E-state index is -4.96. The molecule has 19 heteroatoms. The van der Waals surface area contributed by atoms with Gasteiger partial charge in [-0.25, -0.2) is 9.13 Å². The first-order valence-corrected chi connectivity index (χ1v) is 46.3. The Balaban J connectivity index is 5.23. The summed E-state index contributed by atoms with van der Waals surface area (Å²) in [5, 5.41) is 10.7. The van der Waals surface area contributed by atoms with E-state index in [1.54, 1.807) is 0 Å². The molecular weight excluding hydrogens is 1340 g/mol. The van der Waals surface area contributed by atoms with E-state index >= 15 is 0 Å². The quantitative estimate of drug-likeness (QED) is 0.0222. The Morgan fingerprint density at radius 1 is 0.272 bits per heavy atom. The molecule has 0 aromatic heterocycles. The number of rotatable bonds is 81. The van der Waals surface area contributed by atoms with Crippen molar-refractivity contribution in [2.24, 2.45) is 23.7 Å². The average molecular weight is 1510 g/mol. The number of phosphoric ester groups is 2. The molecule has 0 amide bonds. The van der Waals surface area contributed by atoms with Crippen molar-refractivity contribution in [1.82, 2.24) is 0 Å². The van der Waals surface area contributed by atoms with Crippen molar-refractivity contribution in [2.75, 3.05) is 39.6 Å². The average Bonchev–Trinajstić information content (AvgIpc) is 0.944. The van der Waals surface area contributed by atoms with Crippen LogP contribution in [0.2, 0.25) is 0 Å². The van der Waals surface area contributed by atoms with E-state index in [4.69, 9.17) is 37.0 Å². The first kappa shape index (κ1) is 101. The van der Waals surface area contributed by atoms with Crippen LogP contribution in [0.15, 0.2) is 0 Å². The molecule has 3 N–H and O–H groups in total. The number of carbonyl (C=O) groups is 4. The Morgan fingerprint density at radius 2 is 0.466 bits per heavy atom. The van der Waals surface area contributed by atoms with E-state index in [1.807, 2.05) is 0 Å². The molecule has 0 aliphatic heterocycles. The second-order valence-corrected chi connectivity index (χ2v) is 34.6. The summed E-state index contributed by atoms with van der Waals surface area (Å²) >= 11 is 0. The SMILES string of the molecule is CCC(C)CCCCCCCCCCCCCCCCC(=O)O[C@H](COC(=O)CCCCCCCCCCCCCCCCCC(C)C)COP(=O)(O)OC[C@@H](O)COP(=O)(O)OC[C@@H](COC(=O)CCCCCCCCC(C)C)OC(=O)CCCCCCCCCCCCCCCCC(C)CC. The summed E-state index contributed by atoms with van der Waals surface area (Å²) in [6.45, 7) is 14.3. The molecule has 0 aromatic carbocycles. The molecule has 0 aromatic rings. The number of phosphoric acid groups is 2. The van der Waals surface area contributed by atoms with Gasteiger partial charge in [-0.3, -0.25) is 37.3 Å². The zero-order valence-electron chi connectivity index (χ0n) is 68.0. The van der Waals surface area contributed by atoms with Crippen molar-refractivity contribution in [2.45, 2.75) is 453 Å². The van der Waals surface area contributed by atoms with Crippen LogP contribution in [0.4, 0.5) is 0 Å². The standard InChI is InChI=1S/C84H164O17P2/c1-9-76(7)62-54-46-37-31-25-19-14-16-22-28-34-40-50-58-66-83(88)100-79(70-94-81(86)64-56-48-39-33-27-21-13-11-12-18-24-30-36-44-52-60-74(3)4)72-98-102(90,91)96-68-78(85)69-97-103(92,93)99-73-80(71-95-82(87)65-57-49-43-42-45-53-61-75(5)6)101-84(89)67-59-51-41-35-29-23-17-15-20-26-32-38-47-55-63-77(8)10-2/h74-80,85H,9-73H2,1-8H3,(H,90,91)(H,92,93)/t76?,77?,78-,79-,80-/m1/s1. The molecule has 4 unspecified atom stereocenters. The number of hydrogen-bond donors (Lipinski definition) is 3. The van der Waals surface area contributed by atoms with E-state index < -0.39 is 97.5 Å². The van der Waals surface area contributed by atoms with Crippen molar-refractivity contribution in [1.29, 1.82) is 0 Å². The van der Waals surface area contributed by atoms with Gasteiger partial charge in [-0.05, 0) is 49.4 Å². The number of carbonyl (C=O) groups excluding carboxylic acids is 4. The lowest BCUT2D eigenvalue weighted by Crippen LogP contribution is -2.30. The Morgan fingerprint density at radius 3 is 0.689 bits per heavy atom. The van der Waals surface area contributed by atoms with Crippen molar-refractivity contribution >= 4 is 39.5 Å². The van der Waals surface area contributed by atoms with E-state index in [-0.39, 0.29) is 25.7 Å². The minimum Gasteiger partial charge on any atom is -0.462 e.